The number of nitrogens with zero attached hydrogens (tertiary/aromatic N) is 2. The third-order valence-corrected chi connectivity index (χ3v) is 6.93. The molecule has 0 spiro atoms. The Kier molecular flexibility index (Phi) is 9.01. The van der Waals surface area contributed by atoms with Crippen molar-refractivity contribution in [1.82, 2.24) is 14.6 Å². The van der Waals surface area contributed by atoms with Crippen molar-refractivity contribution in [2.75, 3.05) is 32.0 Å². The first kappa shape index (κ1) is 22.1. The molecule has 0 aromatic carbocycles. The van der Waals surface area contributed by atoms with Crippen molar-refractivity contribution < 1.29 is 17.9 Å². The number of aromatic nitrogens is 1. The van der Waals surface area contributed by atoms with Crippen LogP contribution in [0.25, 0.3) is 0 Å². The number of nitrogens with one attached hydrogen (secondary N) is 1. The van der Waals surface area contributed by atoms with Crippen molar-refractivity contribution in [3.05, 3.63) is 18.3 Å². The number of carbonyl (C=O) groups excluding carboxylic acids is 1. The van der Waals surface area contributed by atoms with Gasteiger partial charge in [0.15, 0.2) is 0 Å². The van der Waals surface area contributed by atoms with Gasteiger partial charge in [-0.1, -0.05) is 18.2 Å². The molecule has 1 N–H and O–H groups in total. The average Bonchev–Trinajstić information content (AvgIpc) is 2.67. The van der Waals surface area contributed by atoms with E-state index in [-0.39, 0.29) is 22.7 Å². The zero-order valence-electron chi connectivity index (χ0n) is 16.0. The predicted octanol–water partition coefficient (Wildman–Crippen LogP) is 2.28. The van der Waals surface area contributed by atoms with Gasteiger partial charge in [0.1, 0.15) is 4.90 Å². The highest BCUT2D eigenvalue weighted by atomic mass is 32.2. The van der Waals surface area contributed by atoms with E-state index in [1.54, 1.807) is 12.1 Å². The van der Waals surface area contributed by atoms with Crippen LogP contribution in [0, 0.1) is 0 Å². The molecule has 152 valence electrons. The van der Waals surface area contributed by atoms with E-state index in [9.17, 15) is 13.2 Å². The van der Waals surface area contributed by atoms with Gasteiger partial charge in [0.05, 0.1) is 16.9 Å². The minimum absolute atomic E-state index is 0.0728. The summed E-state index contributed by atoms with van der Waals surface area (Å²) in [5.41, 5.74) is 0. The molecule has 0 radical (unpaired) electrons. The van der Waals surface area contributed by atoms with E-state index >= 15 is 0 Å². The van der Waals surface area contributed by atoms with E-state index in [4.69, 9.17) is 4.74 Å². The number of thioether (sulfide) groups is 1. The summed E-state index contributed by atoms with van der Waals surface area (Å²) in [6, 6.07) is 3.23. The molecule has 0 atom stereocenters. The van der Waals surface area contributed by atoms with Gasteiger partial charge in [0.2, 0.25) is 15.9 Å². The van der Waals surface area contributed by atoms with Gasteiger partial charge >= 0.3 is 0 Å². The molecule has 0 bridgehead atoms. The van der Waals surface area contributed by atoms with Gasteiger partial charge in [0.25, 0.3) is 0 Å². The van der Waals surface area contributed by atoms with Crippen LogP contribution in [0.4, 0.5) is 0 Å². The molecule has 0 aliphatic carbocycles. The van der Waals surface area contributed by atoms with E-state index in [1.807, 2.05) is 13.8 Å². The van der Waals surface area contributed by atoms with Crippen molar-refractivity contribution in [3.8, 4) is 0 Å². The fraction of sp³-hybridized carbons (Fsp3) is 0.667. The molecule has 1 aromatic rings. The van der Waals surface area contributed by atoms with Crippen LogP contribution in [0.15, 0.2) is 28.3 Å². The van der Waals surface area contributed by atoms with Crippen LogP contribution in [-0.2, 0) is 19.6 Å². The molecule has 2 heterocycles. The highest BCUT2D eigenvalue weighted by Crippen LogP contribution is 2.22. The number of rotatable bonds is 10. The van der Waals surface area contributed by atoms with Gasteiger partial charge < -0.3 is 10.1 Å². The largest absolute Gasteiger partial charge is 0.379 e. The summed E-state index contributed by atoms with van der Waals surface area (Å²) in [6.45, 7) is 6.30. The molecule has 0 saturated carbocycles. The summed E-state index contributed by atoms with van der Waals surface area (Å²) in [6.07, 6.45) is 5.23. The second kappa shape index (κ2) is 11.0. The maximum atomic E-state index is 12.6. The van der Waals surface area contributed by atoms with E-state index in [1.165, 1.54) is 22.3 Å². The number of carbonyl (C=O) groups is 1. The SMILES string of the molecule is CC(C)OCCCNC(=O)CSc1ccc(S(=O)(=O)N2CCCCC2)cn1. The second-order valence-corrected chi connectivity index (χ2v) is 9.64. The maximum Gasteiger partial charge on any atom is 0.244 e. The molecule has 27 heavy (non-hydrogen) atoms. The zero-order valence-corrected chi connectivity index (χ0v) is 17.7. The van der Waals surface area contributed by atoms with Crippen LogP contribution in [-0.4, -0.2) is 61.7 Å². The minimum atomic E-state index is -3.46. The first-order valence-electron chi connectivity index (χ1n) is 9.37. The highest BCUT2D eigenvalue weighted by Gasteiger charge is 2.26. The van der Waals surface area contributed by atoms with E-state index in [2.05, 4.69) is 10.3 Å². The summed E-state index contributed by atoms with van der Waals surface area (Å²) in [5, 5.41) is 3.47. The number of hydrogen-bond acceptors (Lipinski definition) is 6. The molecule has 2 rings (SSSR count). The van der Waals surface area contributed by atoms with E-state index in [0.717, 1.165) is 25.7 Å². The monoisotopic (exact) mass is 415 g/mol. The smallest absolute Gasteiger partial charge is 0.244 e. The van der Waals surface area contributed by atoms with Crippen molar-refractivity contribution in [3.63, 3.8) is 0 Å². The van der Waals surface area contributed by atoms with Crippen LogP contribution >= 0.6 is 11.8 Å². The summed E-state index contributed by atoms with van der Waals surface area (Å²) in [5.74, 6) is 0.173. The molecular formula is C18H29N3O4S2. The summed E-state index contributed by atoms with van der Waals surface area (Å²) in [7, 11) is -3.46. The topological polar surface area (TPSA) is 88.6 Å². The Bertz CT molecular complexity index is 687. The van der Waals surface area contributed by atoms with Gasteiger partial charge in [-0.15, -0.1) is 0 Å². The van der Waals surface area contributed by atoms with Gasteiger partial charge in [-0.3, -0.25) is 4.79 Å². The third kappa shape index (κ3) is 7.40. The lowest BCUT2D eigenvalue weighted by atomic mass is 10.2. The van der Waals surface area contributed by atoms with Gasteiger partial charge in [0, 0.05) is 32.4 Å². The van der Waals surface area contributed by atoms with Crippen molar-refractivity contribution >= 4 is 27.7 Å². The average molecular weight is 416 g/mol. The van der Waals surface area contributed by atoms with Crippen molar-refractivity contribution in [2.24, 2.45) is 0 Å². The molecule has 9 heteroatoms. The molecule has 1 fully saturated rings. The standard InChI is InChI=1S/C18H29N3O4S2/c1-15(2)25-12-6-9-19-17(22)14-26-18-8-7-16(13-20-18)27(23,24)21-10-4-3-5-11-21/h7-8,13,15H,3-6,9-12,14H2,1-2H3,(H,19,22). The summed E-state index contributed by atoms with van der Waals surface area (Å²) in [4.78, 5) is 16.3. The van der Waals surface area contributed by atoms with Crippen LogP contribution in [0.1, 0.15) is 39.5 Å². The first-order chi connectivity index (χ1) is 12.9. The maximum absolute atomic E-state index is 12.6. The Morgan fingerprint density at radius 2 is 2.04 bits per heavy atom. The molecule has 1 aliphatic heterocycles. The Balaban J connectivity index is 1.76. The molecule has 1 aliphatic rings. The summed E-state index contributed by atoms with van der Waals surface area (Å²) >= 11 is 1.29. The molecular weight excluding hydrogens is 386 g/mol. The number of ether oxygens (including phenoxy) is 1. The van der Waals surface area contributed by atoms with Crippen LogP contribution in [0.3, 0.4) is 0 Å². The Hall–Kier alpha value is -1.16. The Labute approximate surface area is 166 Å². The van der Waals surface area contributed by atoms with Gasteiger partial charge in [-0.05, 0) is 45.2 Å². The molecule has 7 nitrogen and oxygen atoms in total. The number of hydrogen-bond donors (Lipinski definition) is 1. The van der Waals surface area contributed by atoms with Crippen LogP contribution < -0.4 is 5.32 Å². The molecule has 1 saturated heterocycles. The van der Waals surface area contributed by atoms with Crippen LogP contribution in [0.5, 0.6) is 0 Å². The quantitative estimate of drug-likeness (QED) is 0.466. The number of amides is 1. The highest BCUT2D eigenvalue weighted by molar-refractivity contribution is 7.99. The van der Waals surface area contributed by atoms with Crippen molar-refractivity contribution in [1.29, 1.82) is 0 Å². The Morgan fingerprint density at radius 1 is 1.30 bits per heavy atom. The predicted molar refractivity (Wildman–Crippen MR) is 106 cm³/mol. The van der Waals surface area contributed by atoms with Gasteiger partial charge in [-0.2, -0.15) is 4.31 Å². The van der Waals surface area contributed by atoms with Gasteiger partial charge in [-0.25, -0.2) is 13.4 Å². The van der Waals surface area contributed by atoms with Crippen LogP contribution in [0.2, 0.25) is 0 Å². The lowest BCUT2D eigenvalue weighted by Gasteiger charge is -2.25. The third-order valence-electron chi connectivity index (χ3n) is 4.11. The second-order valence-electron chi connectivity index (χ2n) is 6.71. The minimum Gasteiger partial charge on any atom is -0.379 e. The molecule has 1 aromatic heterocycles. The molecule has 0 unspecified atom stereocenters. The van der Waals surface area contributed by atoms with E-state index in [0.29, 0.717) is 31.3 Å². The lowest BCUT2D eigenvalue weighted by Crippen LogP contribution is -2.35. The number of pyridine rings is 1. The Morgan fingerprint density at radius 3 is 2.67 bits per heavy atom. The molecule has 1 amide bonds. The summed E-state index contributed by atoms with van der Waals surface area (Å²) < 4.78 is 32.1. The fourth-order valence-corrected chi connectivity index (χ4v) is 4.80. The zero-order chi connectivity index (χ0) is 19.7. The lowest BCUT2D eigenvalue weighted by molar-refractivity contribution is -0.118. The number of piperidine rings is 1. The fourth-order valence-electron chi connectivity index (χ4n) is 2.67. The number of sulfonamides is 1. The van der Waals surface area contributed by atoms with Crippen molar-refractivity contribution in [2.45, 2.75) is 55.6 Å². The normalized spacial score (nSPS) is 15.8. The van der Waals surface area contributed by atoms with E-state index < -0.39 is 10.0 Å². The first-order valence-corrected chi connectivity index (χ1v) is 11.8.